The molecule has 3 amide bonds. The number of carbonyl (C=O) groups is 3. The van der Waals surface area contributed by atoms with Gasteiger partial charge in [0.05, 0.1) is 22.2 Å². The Hall–Kier alpha value is -4.07. The lowest BCUT2D eigenvalue weighted by Gasteiger charge is -2.30. The van der Waals surface area contributed by atoms with Crippen LogP contribution < -0.4 is 19.8 Å². The zero-order valence-electron chi connectivity index (χ0n) is 21.7. The zero-order valence-corrected chi connectivity index (χ0v) is 24.1. The van der Waals surface area contributed by atoms with Gasteiger partial charge in [-0.1, -0.05) is 59.0 Å². The second kappa shape index (κ2) is 11.2. The summed E-state index contributed by atoms with van der Waals surface area (Å²) in [7, 11) is 0. The van der Waals surface area contributed by atoms with Crippen LogP contribution in [0.2, 0.25) is 5.02 Å². The van der Waals surface area contributed by atoms with E-state index in [1.165, 1.54) is 12.1 Å². The first kappa shape index (κ1) is 29.0. The minimum atomic E-state index is -4.80. The van der Waals surface area contributed by atoms with Gasteiger partial charge in [0.15, 0.2) is 6.61 Å². The summed E-state index contributed by atoms with van der Waals surface area (Å²) >= 11 is 7.70. The molecule has 0 spiro atoms. The van der Waals surface area contributed by atoms with Gasteiger partial charge in [-0.3, -0.25) is 19.2 Å². The van der Waals surface area contributed by atoms with Crippen molar-refractivity contribution in [3.8, 4) is 5.75 Å². The first-order valence-corrected chi connectivity index (χ1v) is 14.8. The summed E-state index contributed by atoms with van der Waals surface area (Å²) in [5, 5.41) is 2.49. The van der Waals surface area contributed by atoms with Crippen LogP contribution in [0, 0.1) is 5.92 Å². The van der Waals surface area contributed by atoms with Gasteiger partial charge >= 0.3 is 11.0 Å². The molecular formula is C29H19ClF3N3O5S2. The van der Waals surface area contributed by atoms with Gasteiger partial charge in [-0.2, -0.15) is 13.2 Å². The van der Waals surface area contributed by atoms with Crippen LogP contribution in [0.5, 0.6) is 5.75 Å². The third kappa shape index (κ3) is 5.55. The topological polar surface area (TPSA) is 109 Å². The maximum absolute atomic E-state index is 13.9. The number of ether oxygens (including phenoxy) is 1. The summed E-state index contributed by atoms with van der Waals surface area (Å²) in [4.78, 5) is 55.6. The van der Waals surface area contributed by atoms with Crippen molar-refractivity contribution in [1.29, 1.82) is 0 Å². The van der Waals surface area contributed by atoms with Gasteiger partial charge in [0, 0.05) is 21.5 Å². The Morgan fingerprint density at radius 1 is 1.00 bits per heavy atom. The molecule has 1 saturated heterocycles. The number of para-hydroxylation sites is 1. The molecule has 4 aromatic rings. The number of thiazole rings is 1. The lowest BCUT2D eigenvalue weighted by atomic mass is 9.83. The third-order valence-electron chi connectivity index (χ3n) is 6.99. The van der Waals surface area contributed by atoms with E-state index in [-0.39, 0.29) is 12.4 Å². The van der Waals surface area contributed by atoms with E-state index in [0.717, 1.165) is 35.2 Å². The number of benzene rings is 3. The lowest BCUT2D eigenvalue weighted by Crippen LogP contribution is -2.33. The molecule has 2 N–H and O–H groups in total. The Kier molecular flexibility index (Phi) is 7.57. The van der Waals surface area contributed by atoms with Crippen molar-refractivity contribution in [2.45, 2.75) is 22.4 Å². The molecule has 1 aromatic heterocycles. The smallest absolute Gasteiger partial charge is 0.418 e. The molecule has 8 nitrogen and oxygen atoms in total. The number of halogens is 4. The number of hydrogen-bond donors (Lipinski definition) is 2. The van der Waals surface area contributed by atoms with Crippen LogP contribution in [0.1, 0.15) is 21.9 Å². The number of aromatic nitrogens is 1. The van der Waals surface area contributed by atoms with E-state index in [0.29, 0.717) is 31.1 Å². The normalized spacial score (nSPS) is 19.6. The van der Waals surface area contributed by atoms with Crippen LogP contribution in [0.3, 0.4) is 0 Å². The van der Waals surface area contributed by atoms with Crippen molar-refractivity contribution in [2.24, 2.45) is 5.92 Å². The third-order valence-corrected chi connectivity index (χ3v) is 9.64. The highest BCUT2D eigenvalue weighted by Gasteiger charge is 2.57. The van der Waals surface area contributed by atoms with Crippen molar-refractivity contribution < 1.29 is 32.3 Å². The minimum absolute atomic E-state index is 0.277. The van der Waals surface area contributed by atoms with E-state index in [9.17, 15) is 32.3 Å². The SMILES string of the molecule is O=C(COc1cccc([C@H]2c3sc(=O)[nH]c3SC3C(=O)N(c4ccccc4C(F)(F)F)C(=O)C32)c1)Nc1ccc(Cl)cc1. The average molecular weight is 646 g/mol. The van der Waals surface area contributed by atoms with E-state index in [1.54, 1.807) is 48.5 Å². The summed E-state index contributed by atoms with van der Waals surface area (Å²) in [5.74, 6) is -3.70. The number of aromatic amines is 1. The molecule has 0 saturated carbocycles. The van der Waals surface area contributed by atoms with Gasteiger partial charge in [-0.05, 0) is 54.1 Å². The molecule has 43 heavy (non-hydrogen) atoms. The highest BCUT2D eigenvalue weighted by Crippen LogP contribution is 2.54. The standard InChI is InChI=1S/C29H19ClF3N3O5S2/c30-15-8-10-16(11-9-15)34-20(37)13-41-17-5-3-4-14(12-17)21-22-24(42-25-23(21)43-28(40)35-25)27(39)36(26(22)38)19-7-2-1-6-18(19)29(31,32)33/h1-12,21-22,24H,13H2,(H,34,37)(H,35,40)/t21-,22?,24?/m1/s1. The maximum Gasteiger partial charge on any atom is 0.418 e. The van der Waals surface area contributed by atoms with Crippen molar-refractivity contribution in [3.63, 3.8) is 0 Å². The molecule has 3 aromatic carbocycles. The number of H-pyrrole nitrogens is 1. The first-order chi connectivity index (χ1) is 20.5. The molecule has 6 rings (SSSR count). The molecule has 2 aliphatic heterocycles. The predicted molar refractivity (Wildman–Crippen MR) is 156 cm³/mol. The number of anilines is 2. The van der Waals surface area contributed by atoms with Gasteiger partial charge < -0.3 is 15.0 Å². The van der Waals surface area contributed by atoms with E-state index in [2.05, 4.69) is 10.3 Å². The molecule has 1 fully saturated rings. The quantitative estimate of drug-likeness (QED) is 0.252. The molecule has 0 bridgehead atoms. The lowest BCUT2D eigenvalue weighted by molar-refractivity contribution is -0.137. The number of nitrogens with one attached hydrogen (secondary N) is 2. The number of imide groups is 1. The van der Waals surface area contributed by atoms with E-state index in [4.69, 9.17) is 16.3 Å². The van der Waals surface area contributed by atoms with E-state index < -0.39 is 57.1 Å². The number of thioether (sulfide) groups is 1. The van der Waals surface area contributed by atoms with E-state index in [1.807, 2.05) is 0 Å². The molecule has 0 aliphatic carbocycles. The Bertz CT molecular complexity index is 1810. The predicted octanol–water partition coefficient (Wildman–Crippen LogP) is 5.92. The maximum atomic E-state index is 13.9. The summed E-state index contributed by atoms with van der Waals surface area (Å²) in [6.45, 7) is -0.346. The largest absolute Gasteiger partial charge is 0.484 e. The summed E-state index contributed by atoms with van der Waals surface area (Å²) in [5.41, 5.74) is -0.630. The molecule has 2 unspecified atom stereocenters. The van der Waals surface area contributed by atoms with Crippen LogP contribution in [0.4, 0.5) is 24.5 Å². The van der Waals surface area contributed by atoms with Gasteiger partial charge in [-0.25, -0.2) is 4.90 Å². The molecule has 14 heteroatoms. The Morgan fingerprint density at radius 2 is 1.74 bits per heavy atom. The minimum Gasteiger partial charge on any atom is -0.484 e. The fourth-order valence-electron chi connectivity index (χ4n) is 5.20. The summed E-state index contributed by atoms with van der Waals surface area (Å²) in [6, 6.07) is 17.4. The Balaban J connectivity index is 1.31. The number of rotatable bonds is 6. The van der Waals surface area contributed by atoms with Gasteiger partial charge in [0.1, 0.15) is 11.0 Å². The van der Waals surface area contributed by atoms with Crippen molar-refractivity contribution >= 4 is 63.8 Å². The molecule has 3 atom stereocenters. The summed E-state index contributed by atoms with van der Waals surface area (Å²) < 4.78 is 47.2. The molecular weight excluding hydrogens is 627 g/mol. The number of fused-ring (bicyclic) bond motifs is 2. The highest BCUT2D eigenvalue weighted by molar-refractivity contribution is 8.00. The fraction of sp³-hybridized carbons (Fsp3) is 0.172. The second-order valence-electron chi connectivity index (χ2n) is 9.69. The van der Waals surface area contributed by atoms with Gasteiger partial charge in [0.25, 0.3) is 5.91 Å². The number of amides is 3. The average Bonchev–Trinajstić information content (AvgIpc) is 3.46. The van der Waals surface area contributed by atoms with Crippen LogP contribution in [0.15, 0.2) is 82.6 Å². The van der Waals surface area contributed by atoms with Crippen LogP contribution >= 0.6 is 34.7 Å². The second-order valence-corrected chi connectivity index (χ2v) is 12.3. The number of nitrogens with zero attached hydrogens (tertiary/aromatic N) is 1. The van der Waals surface area contributed by atoms with Crippen molar-refractivity contribution in [1.82, 2.24) is 4.98 Å². The first-order valence-electron chi connectivity index (χ1n) is 12.7. The molecule has 3 heterocycles. The van der Waals surface area contributed by atoms with E-state index >= 15 is 0 Å². The van der Waals surface area contributed by atoms with Crippen molar-refractivity contribution in [3.05, 3.63) is 103 Å². The number of alkyl halides is 3. The number of carbonyl (C=O) groups excluding carboxylic acids is 3. The van der Waals surface area contributed by atoms with Gasteiger partial charge in [0.2, 0.25) is 11.8 Å². The fourth-order valence-corrected chi connectivity index (χ4v) is 7.84. The molecule has 220 valence electrons. The summed E-state index contributed by atoms with van der Waals surface area (Å²) in [6.07, 6.45) is -4.80. The van der Waals surface area contributed by atoms with Crippen LogP contribution in [-0.2, 0) is 20.6 Å². The monoisotopic (exact) mass is 645 g/mol. The van der Waals surface area contributed by atoms with Crippen LogP contribution in [0.25, 0.3) is 0 Å². The Morgan fingerprint density at radius 3 is 2.49 bits per heavy atom. The Labute approximate surface area is 254 Å². The van der Waals surface area contributed by atoms with Gasteiger partial charge in [-0.15, -0.1) is 0 Å². The molecule has 0 radical (unpaired) electrons. The zero-order chi connectivity index (χ0) is 30.5. The van der Waals surface area contributed by atoms with Crippen molar-refractivity contribution in [2.75, 3.05) is 16.8 Å². The molecule has 2 aliphatic rings. The highest BCUT2D eigenvalue weighted by atomic mass is 35.5. The number of hydrogen-bond acceptors (Lipinski definition) is 7. The van der Waals surface area contributed by atoms with Crippen LogP contribution in [-0.4, -0.2) is 34.6 Å².